The first-order chi connectivity index (χ1) is 16.0. The first-order valence-electron chi connectivity index (χ1n) is 11.0. The van der Waals surface area contributed by atoms with Crippen LogP contribution in [-0.4, -0.2) is 66.0 Å². The lowest BCUT2D eigenvalue weighted by Gasteiger charge is -2.23. The highest BCUT2D eigenvalue weighted by Crippen LogP contribution is 2.05. The van der Waals surface area contributed by atoms with Crippen LogP contribution in [0.2, 0.25) is 0 Å². The molecule has 0 aliphatic heterocycles. The van der Waals surface area contributed by atoms with E-state index in [9.17, 15) is 24.3 Å². The second-order valence-electron chi connectivity index (χ2n) is 8.15. The molecule has 12 nitrogen and oxygen atoms in total. The maximum atomic E-state index is 12.6. The monoisotopic (exact) mass is 477 g/mol. The zero-order valence-electron chi connectivity index (χ0n) is 19.5. The van der Waals surface area contributed by atoms with Crippen LogP contribution < -0.4 is 33.2 Å². The molecule has 0 fully saturated rings. The lowest BCUT2D eigenvalue weighted by molar-refractivity contribution is -0.141. The number of carbonyl (C=O) groups is 4. The van der Waals surface area contributed by atoms with Crippen LogP contribution >= 0.6 is 0 Å². The number of aliphatic imine (C=N–C) groups is 1. The van der Waals surface area contributed by atoms with Crippen LogP contribution in [-0.2, 0) is 25.6 Å². The molecule has 0 aliphatic rings. The average molecular weight is 478 g/mol. The minimum absolute atomic E-state index is 0.0478. The third-order valence-electron chi connectivity index (χ3n) is 4.89. The van der Waals surface area contributed by atoms with Crippen LogP contribution in [0.15, 0.2) is 35.3 Å². The number of rotatable bonds is 14. The number of amides is 3. The summed E-state index contributed by atoms with van der Waals surface area (Å²) >= 11 is 0. The zero-order valence-corrected chi connectivity index (χ0v) is 19.5. The second kappa shape index (κ2) is 14.5. The molecule has 12 heteroatoms. The van der Waals surface area contributed by atoms with Gasteiger partial charge in [-0.2, -0.15) is 0 Å². The number of hydrogen-bond donors (Lipinski definition) is 7. The van der Waals surface area contributed by atoms with Gasteiger partial charge in [0.1, 0.15) is 12.1 Å². The molecule has 10 N–H and O–H groups in total. The maximum Gasteiger partial charge on any atom is 0.326 e. The number of guanidine groups is 1. The minimum Gasteiger partial charge on any atom is -0.480 e. The summed E-state index contributed by atoms with van der Waals surface area (Å²) in [6, 6.07) is 5.92. The van der Waals surface area contributed by atoms with Gasteiger partial charge in [0.25, 0.3) is 0 Å². The van der Waals surface area contributed by atoms with Crippen molar-refractivity contribution >= 4 is 29.7 Å². The molecule has 0 heterocycles. The van der Waals surface area contributed by atoms with Gasteiger partial charge in [-0.05, 0) is 24.3 Å². The molecule has 0 radical (unpaired) electrons. The van der Waals surface area contributed by atoms with Gasteiger partial charge in [0.2, 0.25) is 17.7 Å². The van der Waals surface area contributed by atoms with Crippen molar-refractivity contribution in [2.24, 2.45) is 28.1 Å². The second-order valence-corrected chi connectivity index (χ2v) is 8.15. The number of carbonyl (C=O) groups excluding carboxylic acids is 3. The van der Waals surface area contributed by atoms with Crippen molar-refractivity contribution in [2.75, 3.05) is 13.1 Å². The van der Waals surface area contributed by atoms with Gasteiger partial charge in [-0.1, -0.05) is 44.2 Å². The normalized spacial score (nSPS) is 13.3. The summed E-state index contributed by atoms with van der Waals surface area (Å²) in [5.41, 5.74) is 17.1. The lowest BCUT2D eigenvalue weighted by Crippen LogP contribution is -2.55. The van der Waals surface area contributed by atoms with Crippen molar-refractivity contribution in [1.29, 1.82) is 0 Å². The fourth-order valence-electron chi connectivity index (χ4n) is 3.02. The number of nitrogens with one attached hydrogen (secondary N) is 3. The first kappa shape index (κ1) is 28.4. The molecular formula is C22H35N7O5. The fraction of sp³-hybridized carbons (Fsp3) is 0.500. The van der Waals surface area contributed by atoms with Crippen LogP contribution in [0.3, 0.4) is 0 Å². The molecule has 1 aromatic rings. The van der Waals surface area contributed by atoms with Crippen molar-refractivity contribution in [3.8, 4) is 0 Å². The van der Waals surface area contributed by atoms with Crippen molar-refractivity contribution in [3.05, 3.63) is 35.9 Å². The van der Waals surface area contributed by atoms with Crippen LogP contribution in [0.1, 0.15) is 32.3 Å². The Balaban J connectivity index is 2.58. The highest BCUT2D eigenvalue weighted by molar-refractivity contribution is 5.92. The maximum absolute atomic E-state index is 12.6. The van der Waals surface area contributed by atoms with E-state index < -0.39 is 48.4 Å². The van der Waals surface area contributed by atoms with E-state index in [1.54, 1.807) is 44.2 Å². The van der Waals surface area contributed by atoms with Crippen molar-refractivity contribution in [1.82, 2.24) is 16.0 Å². The minimum atomic E-state index is -1.19. The number of aliphatic carboxylic acids is 1. The standard InChI is InChI=1S/C22H35N7O5/c1-13(2)18(29-19(31)15(23)9-6-10-26-22(24)25)20(32)27-12-17(30)28-16(21(33)34)11-14-7-4-3-5-8-14/h3-5,7-8,13,15-16,18H,6,9-12,23H2,1-2H3,(H,27,32)(H,28,30)(H,29,31)(H,33,34)(H4,24,25,26). The molecule has 1 rings (SSSR count). The number of nitrogens with two attached hydrogens (primary N) is 3. The van der Waals surface area contributed by atoms with Crippen LogP contribution in [0.4, 0.5) is 0 Å². The van der Waals surface area contributed by atoms with Gasteiger partial charge in [-0.3, -0.25) is 19.4 Å². The van der Waals surface area contributed by atoms with Gasteiger partial charge in [0.05, 0.1) is 12.6 Å². The van der Waals surface area contributed by atoms with Gasteiger partial charge >= 0.3 is 5.97 Å². The van der Waals surface area contributed by atoms with E-state index in [4.69, 9.17) is 17.2 Å². The zero-order chi connectivity index (χ0) is 25.7. The van der Waals surface area contributed by atoms with Crippen molar-refractivity contribution in [2.45, 2.75) is 51.2 Å². The number of carboxylic acid groups (broad SMARTS) is 1. The van der Waals surface area contributed by atoms with Gasteiger partial charge in [-0.25, -0.2) is 4.79 Å². The first-order valence-corrected chi connectivity index (χ1v) is 11.0. The molecule has 0 saturated carbocycles. The Morgan fingerprint density at radius 2 is 1.68 bits per heavy atom. The van der Waals surface area contributed by atoms with E-state index >= 15 is 0 Å². The van der Waals surface area contributed by atoms with E-state index in [0.717, 1.165) is 5.56 Å². The molecule has 34 heavy (non-hydrogen) atoms. The summed E-state index contributed by atoms with van der Waals surface area (Å²) in [6.07, 6.45) is 0.899. The Morgan fingerprint density at radius 1 is 1.03 bits per heavy atom. The van der Waals surface area contributed by atoms with Gasteiger partial charge < -0.3 is 38.3 Å². The number of nitrogens with zero attached hydrogens (tertiary/aromatic N) is 1. The van der Waals surface area contributed by atoms with Crippen LogP contribution in [0.25, 0.3) is 0 Å². The summed E-state index contributed by atoms with van der Waals surface area (Å²) in [6.45, 7) is 3.35. The van der Waals surface area contributed by atoms with E-state index in [2.05, 4.69) is 20.9 Å². The van der Waals surface area contributed by atoms with E-state index in [0.29, 0.717) is 19.4 Å². The SMILES string of the molecule is CC(C)C(NC(=O)C(N)CCCN=C(N)N)C(=O)NCC(=O)NC(Cc1ccccc1)C(=O)O. The molecule has 188 valence electrons. The largest absolute Gasteiger partial charge is 0.480 e. The Hall–Kier alpha value is -3.67. The summed E-state index contributed by atoms with van der Waals surface area (Å²) in [5, 5.41) is 16.8. The molecule has 3 amide bonds. The topological polar surface area (TPSA) is 215 Å². The fourth-order valence-corrected chi connectivity index (χ4v) is 3.02. The molecule has 1 aromatic carbocycles. The summed E-state index contributed by atoms with van der Waals surface area (Å²) < 4.78 is 0. The summed E-state index contributed by atoms with van der Waals surface area (Å²) in [5.74, 6) is -3.29. The average Bonchev–Trinajstić information content (AvgIpc) is 2.78. The molecule has 0 aromatic heterocycles. The molecule has 0 saturated heterocycles. The number of benzene rings is 1. The number of carboxylic acids is 1. The summed E-state index contributed by atoms with van der Waals surface area (Å²) in [7, 11) is 0. The molecule has 0 aliphatic carbocycles. The molecular weight excluding hydrogens is 442 g/mol. The van der Waals surface area contributed by atoms with E-state index in [-0.39, 0.29) is 18.3 Å². The van der Waals surface area contributed by atoms with Gasteiger partial charge in [-0.15, -0.1) is 0 Å². The smallest absolute Gasteiger partial charge is 0.326 e. The number of hydrogen-bond acceptors (Lipinski definition) is 6. The third-order valence-corrected chi connectivity index (χ3v) is 4.89. The lowest BCUT2D eigenvalue weighted by atomic mass is 10.0. The van der Waals surface area contributed by atoms with E-state index in [1.807, 2.05) is 0 Å². The predicted molar refractivity (Wildman–Crippen MR) is 127 cm³/mol. The van der Waals surface area contributed by atoms with Gasteiger partial charge in [0, 0.05) is 13.0 Å². The van der Waals surface area contributed by atoms with Crippen molar-refractivity contribution < 1.29 is 24.3 Å². The van der Waals surface area contributed by atoms with Crippen LogP contribution in [0, 0.1) is 5.92 Å². The Bertz CT molecular complexity index is 856. The van der Waals surface area contributed by atoms with Crippen molar-refractivity contribution in [3.63, 3.8) is 0 Å². The quantitative estimate of drug-likeness (QED) is 0.0942. The third kappa shape index (κ3) is 10.8. The van der Waals surface area contributed by atoms with Crippen LogP contribution in [0.5, 0.6) is 0 Å². The van der Waals surface area contributed by atoms with Gasteiger partial charge in [0.15, 0.2) is 5.96 Å². The highest BCUT2D eigenvalue weighted by atomic mass is 16.4. The molecule has 3 atom stereocenters. The highest BCUT2D eigenvalue weighted by Gasteiger charge is 2.27. The molecule has 0 bridgehead atoms. The summed E-state index contributed by atoms with van der Waals surface area (Å²) in [4.78, 5) is 52.5. The molecule has 3 unspecified atom stereocenters. The predicted octanol–water partition coefficient (Wildman–Crippen LogP) is -1.56. The Labute approximate surface area is 198 Å². The van der Waals surface area contributed by atoms with E-state index in [1.165, 1.54) is 0 Å². The Morgan fingerprint density at radius 3 is 2.24 bits per heavy atom. The Kier molecular flexibility index (Phi) is 12.1. The molecule has 0 spiro atoms.